The minimum Gasteiger partial charge on any atom is -0.492 e. The van der Waals surface area contributed by atoms with E-state index in [1.165, 1.54) is 58.0 Å². The second-order valence-corrected chi connectivity index (χ2v) is 6.08. The van der Waals surface area contributed by atoms with Crippen LogP contribution in [0.1, 0.15) is 44.9 Å². The highest BCUT2D eigenvalue weighted by atomic mass is 16.5. The minimum atomic E-state index is 0.330. The summed E-state index contributed by atoms with van der Waals surface area (Å²) in [5, 5.41) is 0. The molecule has 2 aliphatic rings. The van der Waals surface area contributed by atoms with Gasteiger partial charge in [0, 0.05) is 0 Å². The second-order valence-electron chi connectivity index (χ2n) is 6.08. The Morgan fingerprint density at radius 2 is 1.58 bits per heavy atom. The SMILES string of the molecule is c1ccc(OCC2(N3CCCCC3)CCCC2)cc1. The zero-order chi connectivity index (χ0) is 13.0. The van der Waals surface area contributed by atoms with Gasteiger partial charge in [-0.3, -0.25) is 4.90 Å². The maximum absolute atomic E-state index is 6.10. The molecule has 1 saturated carbocycles. The molecule has 0 atom stereocenters. The topological polar surface area (TPSA) is 12.5 Å². The normalized spacial score (nSPS) is 23.4. The van der Waals surface area contributed by atoms with Gasteiger partial charge in [0.25, 0.3) is 0 Å². The van der Waals surface area contributed by atoms with Crippen molar-refractivity contribution in [3.05, 3.63) is 30.3 Å². The molecule has 104 valence electrons. The standard InChI is InChI=1S/C17H25NO/c1-3-9-16(10-4-1)19-15-17(11-5-6-12-17)18-13-7-2-8-14-18/h1,3-4,9-10H,2,5-8,11-15H2. The molecule has 1 aliphatic heterocycles. The molecule has 1 aromatic carbocycles. The van der Waals surface area contributed by atoms with Gasteiger partial charge in [0.1, 0.15) is 12.4 Å². The molecule has 2 nitrogen and oxygen atoms in total. The maximum atomic E-state index is 6.10. The maximum Gasteiger partial charge on any atom is 0.119 e. The van der Waals surface area contributed by atoms with Crippen molar-refractivity contribution < 1.29 is 4.74 Å². The molecule has 1 heterocycles. The Morgan fingerprint density at radius 3 is 2.26 bits per heavy atom. The first kappa shape index (κ1) is 13.0. The lowest BCUT2D eigenvalue weighted by Gasteiger charge is -2.43. The van der Waals surface area contributed by atoms with Crippen LogP contribution in [-0.4, -0.2) is 30.1 Å². The predicted octanol–water partition coefficient (Wildman–Crippen LogP) is 3.86. The van der Waals surface area contributed by atoms with Crippen LogP contribution in [0, 0.1) is 0 Å². The van der Waals surface area contributed by atoms with Crippen LogP contribution in [0.2, 0.25) is 0 Å². The van der Waals surface area contributed by atoms with E-state index in [9.17, 15) is 0 Å². The largest absolute Gasteiger partial charge is 0.492 e. The third-order valence-electron chi connectivity index (χ3n) is 4.81. The number of para-hydroxylation sites is 1. The van der Waals surface area contributed by atoms with Crippen molar-refractivity contribution in [2.45, 2.75) is 50.5 Å². The van der Waals surface area contributed by atoms with Gasteiger partial charge in [0.05, 0.1) is 5.54 Å². The lowest BCUT2D eigenvalue weighted by molar-refractivity contribution is 0.0289. The fourth-order valence-electron chi connectivity index (χ4n) is 3.69. The van der Waals surface area contributed by atoms with Gasteiger partial charge in [-0.05, 0) is 50.9 Å². The van der Waals surface area contributed by atoms with E-state index in [0.29, 0.717) is 5.54 Å². The van der Waals surface area contributed by atoms with Crippen molar-refractivity contribution in [1.29, 1.82) is 0 Å². The highest BCUT2D eigenvalue weighted by molar-refractivity contribution is 5.21. The lowest BCUT2D eigenvalue weighted by Crippen LogP contribution is -2.52. The minimum absolute atomic E-state index is 0.330. The van der Waals surface area contributed by atoms with E-state index in [-0.39, 0.29) is 0 Å². The molecule has 0 aromatic heterocycles. The molecule has 2 heteroatoms. The number of hydrogen-bond acceptors (Lipinski definition) is 2. The zero-order valence-corrected chi connectivity index (χ0v) is 11.8. The molecule has 1 saturated heterocycles. The number of rotatable bonds is 4. The third-order valence-corrected chi connectivity index (χ3v) is 4.81. The van der Waals surface area contributed by atoms with E-state index in [1.54, 1.807) is 0 Å². The summed E-state index contributed by atoms with van der Waals surface area (Å²) in [6, 6.07) is 10.3. The first-order valence-corrected chi connectivity index (χ1v) is 7.82. The van der Waals surface area contributed by atoms with Crippen LogP contribution in [-0.2, 0) is 0 Å². The van der Waals surface area contributed by atoms with Gasteiger partial charge in [-0.1, -0.05) is 37.5 Å². The molecule has 2 fully saturated rings. The second kappa shape index (κ2) is 5.96. The summed E-state index contributed by atoms with van der Waals surface area (Å²) in [4.78, 5) is 2.73. The van der Waals surface area contributed by atoms with Gasteiger partial charge in [-0.15, -0.1) is 0 Å². The fraction of sp³-hybridized carbons (Fsp3) is 0.647. The van der Waals surface area contributed by atoms with E-state index >= 15 is 0 Å². The summed E-state index contributed by atoms with van der Waals surface area (Å²) in [5.74, 6) is 1.02. The van der Waals surface area contributed by atoms with E-state index < -0.39 is 0 Å². The van der Waals surface area contributed by atoms with Gasteiger partial charge >= 0.3 is 0 Å². The molecule has 19 heavy (non-hydrogen) atoms. The Balaban J connectivity index is 1.66. The number of likely N-dealkylation sites (tertiary alicyclic amines) is 1. The Bertz CT molecular complexity index is 378. The van der Waals surface area contributed by atoms with Gasteiger partial charge < -0.3 is 4.74 Å². The highest BCUT2D eigenvalue weighted by Gasteiger charge is 2.40. The van der Waals surface area contributed by atoms with Crippen molar-refractivity contribution in [2.75, 3.05) is 19.7 Å². The summed E-state index contributed by atoms with van der Waals surface area (Å²) in [6.45, 7) is 3.42. The molecule has 1 aromatic rings. The number of nitrogens with zero attached hydrogens (tertiary/aromatic N) is 1. The average Bonchev–Trinajstić information content (AvgIpc) is 2.97. The van der Waals surface area contributed by atoms with E-state index in [4.69, 9.17) is 4.74 Å². The number of benzene rings is 1. The molecule has 0 spiro atoms. The van der Waals surface area contributed by atoms with Gasteiger partial charge in [0.15, 0.2) is 0 Å². The Labute approximate surface area is 116 Å². The number of hydrogen-bond donors (Lipinski definition) is 0. The third kappa shape index (κ3) is 2.94. The quantitative estimate of drug-likeness (QED) is 0.814. The van der Waals surface area contributed by atoms with Crippen molar-refractivity contribution in [1.82, 2.24) is 4.90 Å². The van der Waals surface area contributed by atoms with Crippen LogP contribution in [0.25, 0.3) is 0 Å². The number of piperidine rings is 1. The van der Waals surface area contributed by atoms with Gasteiger partial charge in [0.2, 0.25) is 0 Å². The van der Waals surface area contributed by atoms with Crippen LogP contribution < -0.4 is 4.74 Å². The van der Waals surface area contributed by atoms with Crippen LogP contribution >= 0.6 is 0 Å². The molecule has 0 N–H and O–H groups in total. The predicted molar refractivity (Wildman–Crippen MR) is 78.6 cm³/mol. The van der Waals surface area contributed by atoms with Crippen LogP contribution in [0.3, 0.4) is 0 Å². The van der Waals surface area contributed by atoms with Crippen LogP contribution in [0.15, 0.2) is 30.3 Å². The average molecular weight is 259 g/mol. The van der Waals surface area contributed by atoms with Crippen LogP contribution in [0.4, 0.5) is 0 Å². The molecule has 0 unspecified atom stereocenters. The molecule has 0 bridgehead atoms. The molecular formula is C17H25NO. The lowest BCUT2D eigenvalue weighted by atomic mass is 9.93. The highest BCUT2D eigenvalue weighted by Crippen LogP contribution is 2.37. The van der Waals surface area contributed by atoms with Crippen LogP contribution in [0.5, 0.6) is 5.75 Å². The van der Waals surface area contributed by atoms with E-state index in [1.807, 2.05) is 6.07 Å². The summed E-state index contributed by atoms with van der Waals surface area (Å²) in [7, 11) is 0. The van der Waals surface area contributed by atoms with Gasteiger partial charge in [-0.25, -0.2) is 0 Å². The molecule has 3 rings (SSSR count). The van der Waals surface area contributed by atoms with Crippen molar-refractivity contribution in [3.63, 3.8) is 0 Å². The Morgan fingerprint density at radius 1 is 0.895 bits per heavy atom. The Hall–Kier alpha value is -1.02. The molecule has 0 amide bonds. The Kier molecular flexibility index (Phi) is 4.07. The van der Waals surface area contributed by atoms with Crippen molar-refractivity contribution in [3.8, 4) is 5.75 Å². The summed E-state index contributed by atoms with van der Waals surface area (Å²) in [6.07, 6.45) is 9.52. The van der Waals surface area contributed by atoms with E-state index in [2.05, 4.69) is 29.2 Å². The first-order valence-electron chi connectivity index (χ1n) is 7.82. The molecular weight excluding hydrogens is 234 g/mol. The zero-order valence-electron chi connectivity index (χ0n) is 11.8. The first-order chi connectivity index (χ1) is 9.39. The fourth-order valence-corrected chi connectivity index (χ4v) is 3.69. The van der Waals surface area contributed by atoms with Crippen molar-refractivity contribution in [2.24, 2.45) is 0 Å². The summed E-state index contributed by atoms with van der Waals surface area (Å²) >= 11 is 0. The van der Waals surface area contributed by atoms with Gasteiger partial charge in [-0.2, -0.15) is 0 Å². The monoisotopic (exact) mass is 259 g/mol. The molecule has 0 radical (unpaired) electrons. The molecule has 1 aliphatic carbocycles. The summed E-state index contributed by atoms with van der Waals surface area (Å²) < 4.78 is 6.10. The smallest absolute Gasteiger partial charge is 0.119 e. The summed E-state index contributed by atoms with van der Waals surface area (Å²) in [5.41, 5.74) is 0.330. The number of ether oxygens (including phenoxy) is 1. The van der Waals surface area contributed by atoms with E-state index in [0.717, 1.165) is 12.4 Å². The van der Waals surface area contributed by atoms with Crippen molar-refractivity contribution >= 4 is 0 Å².